The number of rotatable bonds is 58. The first kappa shape index (κ1) is 74.9. The van der Waals surface area contributed by atoms with E-state index in [9.17, 15) is 19.0 Å². The van der Waals surface area contributed by atoms with Crippen molar-refractivity contribution in [1.82, 2.24) is 0 Å². The maximum Gasteiger partial charge on any atom is 0.472 e. The van der Waals surface area contributed by atoms with Crippen LogP contribution in [-0.4, -0.2) is 74.9 Å². The molecule has 450 valence electrons. The van der Waals surface area contributed by atoms with Gasteiger partial charge in [-0.2, -0.15) is 0 Å². The van der Waals surface area contributed by atoms with Gasteiger partial charge in [0.2, 0.25) is 0 Å². The first-order chi connectivity index (χ1) is 38.0. The van der Waals surface area contributed by atoms with Crippen molar-refractivity contribution in [2.24, 2.45) is 0 Å². The Bertz CT molecular complexity index is 1640. The van der Waals surface area contributed by atoms with E-state index in [0.717, 1.165) is 96.3 Å². The van der Waals surface area contributed by atoms with Crippen LogP contribution in [0, 0.1) is 0 Å². The van der Waals surface area contributed by atoms with E-state index in [4.69, 9.17) is 18.5 Å². The minimum Gasteiger partial charge on any atom is -0.462 e. The highest BCUT2D eigenvalue weighted by Gasteiger charge is 2.27. The van der Waals surface area contributed by atoms with Crippen LogP contribution in [0.3, 0.4) is 0 Å². The zero-order valence-electron chi connectivity index (χ0n) is 51.1. The summed E-state index contributed by atoms with van der Waals surface area (Å²) in [5.74, 6) is -0.817. The maximum atomic E-state index is 12.8. The third kappa shape index (κ3) is 62.1. The Morgan fingerprint density at radius 1 is 0.410 bits per heavy atom. The lowest BCUT2D eigenvalue weighted by molar-refractivity contribution is -0.870. The Labute approximate surface area is 481 Å². The average Bonchev–Trinajstić information content (AvgIpc) is 3.41. The molecular weight excluding hydrogens is 990 g/mol. The fourth-order valence-electron chi connectivity index (χ4n) is 8.70. The highest BCUT2D eigenvalue weighted by Crippen LogP contribution is 2.43. The standard InChI is InChI=1S/C68H120NO8P/c1-6-8-10-12-14-16-18-20-22-24-26-28-30-32-34-36-38-40-42-44-46-48-50-52-54-56-58-60-67(70)74-64-66(65-76-78(72,73)75-63-62-69(3,4)5)77-68(71)61-59-57-55-53-51-49-47-45-43-41-39-37-35-33-31-29-27-25-23-21-19-17-15-13-11-9-7-2/h9,11,15,17,21,23-24,26-27,29,33,35,39,41,45,47,66H,6-8,10,12-14,16,18-20,22,25,28,30-32,34,36-38,40,42-44,46,48-65H2,1-5H3/p+1/b11-9-,17-15-,23-21-,26-24-,29-27-,35-33-,41-39-,47-45-. The Hall–Kier alpha value is -3.07. The lowest BCUT2D eigenvalue weighted by atomic mass is 10.0. The Morgan fingerprint density at radius 3 is 1.10 bits per heavy atom. The van der Waals surface area contributed by atoms with Crippen LogP contribution in [0.2, 0.25) is 0 Å². The topological polar surface area (TPSA) is 108 Å². The van der Waals surface area contributed by atoms with Crippen molar-refractivity contribution in [3.05, 3.63) is 97.2 Å². The molecule has 0 aliphatic heterocycles. The molecule has 0 fully saturated rings. The van der Waals surface area contributed by atoms with Gasteiger partial charge in [0, 0.05) is 12.8 Å². The molecule has 0 aromatic heterocycles. The van der Waals surface area contributed by atoms with E-state index in [2.05, 4.69) is 111 Å². The van der Waals surface area contributed by atoms with E-state index in [0.29, 0.717) is 17.4 Å². The second-order valence-corrected chi connectivity index (χ2v) is 23.9. The van der Waals surface area contributed by atoms with Crippen molar-refractivity contribution in [3.63, 3.8) is 0 Å². The molecule has 0 spiro atoms. The van der Waals surface area contributed by atoms with Gasteiger partial charge in [0.15, 0.2) is 6.10 Å². The van der Waals surface area contributed by atoms with E-state index in [1.54, 1.807) is 0 Å². The summed E-state index contributed by atoms with van der Waals surface area (Å²) in [6, 6.07) is 0. The first-order valence-electron chi connectivity index (χ1n) is 32.0. The molecule has 10 heteroatoms. The number of allylic oxidation sites excluding steroid dienone is 16. The molecule has 0 aliphatic rings. The van der Waals surface area contributed by atoms with Crippen LogP contribution >= 0.6 is 7.82 Å². The SMILES string of the molecule is CC/C=C\C/C=C\C/C=C\C/C=C\C/C=C\C/C=C\C/C=C\CCCCCCCC(=O)OC(COC(=O)CCCCCCCCCCCCCCCCC/C=C\CCCCCCCCCC)COP(=O)(O)OCC[N+](C)(C)C. The number of hydrogen-bond donors (Lipinski definition) is 1. The van der Waals surface area contributed by atoms with Crippen molar-refractivity contribution < 1.29 is 42.1 Å². The van der Waals surface area contributed by atoms with Crippen molar-refractivity contribution in [2.75, 3.05) is 47.5 Å². The van der Waals surface area contributed by atoms with Gasteiger partial charge >= 0.3 is 19.8 Å². The van der Waals surface area contributed by atoms with Crippen LogP contribution in [-0.2, 0) is 32.7 Å². The quantitative estimate of drug-likeness (QED) is 0.0211. The molecule has 0 aromatic rings. The summed E-state index contributed by atoms with van der Waals surface area (Å²) in [4.78, 5) is 35.8. The van der Waals surface area contributed by atoms with E-state index < -0.39 is 26.5 Å². The van der Waals surface area contributed by atoms with E-state index >= 15 is 0 Å². The summed E-state index contributed by atoms with van der Waals surface area (Å²) < 4.78 is 34.6. The Kier molecular flexibility index (Phi) is 56.3. The number of phosphoric ester groups is 1. The van der Waals surface area contributed by atoms with Crippen molar-refractivity contribution in [1.29, 1.82) is 0 Å². The number of phosphoric acid groups is 1. The summed E-state index contributed by atoms with van der Waals surface area (Å²) >= 11 is 0. The number of unbranched alkanes of at least 4 members (excludes halogenated alkanes) is 28. The molecule has 0 aromatic carbocycles. The number of likely N-dealkylation sites (N-methyl/N-ethyl adjacent to an activating group) is 1. The minimum absolute atomic E-state index is 0.0235. The number of carbonyl (C=O) groups excluding carboxylic acids is 2. The lowest BCUT2D eigenvalue weighted by Crippen LogP contribution is -2.37. The fourth-order valence-corrected chi connectivity index (χ4v) is 9.44. The smallest absolute Gasteiger partial charge is 0.462 e. The molecule has 9 nitrogen and oxygen atoms in total. The zero-order chi connectivity index (χ0) is 57.0. The van der Waals surface area contributed by atoms with Gasteiger partial charge in [-0.15, -0.1) is 0 Å². The van der Waals surface area contributed by atoms with Gasteiger partial charge in [-0.3, -0.25) is 18.6 Å². The third-order valence-electron chi connectivity index (χ3n) is 13.6. The maximum absolute atomic E-state index is 12.8. The first-order valence-corrected chi connectivity index (χ1v) is 33.5. The van der Waals surface area contributed by atoms with Gasteiger partial charge in [-0.25, -0.2) is 4.57 Å². The monoisotopic (exact) mass is 1110 g/mol. The molecule has 0 amide bonds. The van der Waals surface area contributed by atoms with Gasteiger partial charge < -0.3 is 18.9 Å². The third-order valence-corrected chi connectivity index (χ3v) is 14.6. The predicted octanol–water partition coefficient (Wildman–Crippen LogP) is 20.4. The van der Waals surface area contributed by atoms with Crippen LogP contribution in [0.1, 0.15) is 271 Å². The van der Waals surface area contributed by atoms with Crippen molar-refractivity contribution in [2.45, 2.75) is 277 Å². The van der Waals surface area contributed by atoms with Crippen LogP contribution in [0.5, 0.6) is 0 Å². The molecule has 0 heterocycles. The number of ether oxygens (including phenoxy) is 2. The molecule has 0 aliphatic carbocycles. The summed E-state index contributed by atoms with van der Waals surface area (Å²) in [5, 5.41) is 0. The van der Waals surface area contributed by atoms with Crippen molar-refractivity contribution in [3.8, 4) is 0 Å². The highest BCUT2D eigenvalue weighted by atomic mass is 31.2. The number of quaternary nitrogens is 1. The largest absolute Gasteiger partial charge is 0.472 e. The summed E-state index contributed by atoms with van der Waals surface area (Å²) in [6.07, 6.45) is 80.6. The molecule has 0 saturated heterocycles. The number of esters is 2. The molecule has 1 N–H and O–H groups in total. The van der Waals surface area contributed by atoms with Crippen molar-refractivity contribution >= 4 is 19.8 Å². The van der Waals surface area contributed by atoms with Gasteiger partial charge in [-0.05, 0) is 96.3 Å². The molecule has 0 radical (unpaired) electrons. The molecule has 0 saturated carbocycles. The van der Waals surface area contributed by atoms with E-state index in [1.807, 2.05) is 21.1 Å². The van der Waals surface area contributed by atoms with E-state index in [-0.39, 0.29) is 32.0 Å². The van der Waals surface area contributed by atoms with Crippen LogP contribution in [0.15, 0.2) is 97.2 Å². The summed E-state index contributed by atoms with van der Waals surface area (Å²) in [5.41, 5.74) is 0. The van der Waals surface area contributed by atoms with E-state index in [1.165, 1.54) is 141 Å². The molecular formula is C68H121NO8P+. The number of carbonyl (C=O) groups is 2. The van der Waals surface area contributed by atoms with Gasteiger partial charge in [0.1, 0.15) is 19.8 Å². The van der Waals surface area contributed by atoms with Gasteiger partial charge in [0.25, 0.3) is 0 Å². The summed E-state index contributed by atoms with van der Waals surface area (Å²) in [7, 11) is 1.46. The average molecular weight is 1110 g/mol. The second-order valence-electron chi connectivity index (χ2n) is 22.4. The van der Waals surface area contributed by atoms with Crippen LogP contribution in [0.25, 0.3) is 0 Å². The number of hydrogen-bond acceptors (Lipinski definition) is 7. The Balaban J connectivity index is 4.17. The van der Waals surface area contributed by atoms with Crippen LogP contribution < -0.4 is 0 Å². The molecule has 78 heavy (non-hydrogen) atoms. The van der Waals surface area contributed by atoms with Gasteiger partial charge in [-0.1, -0.05) is 259 Å². The second kappa shape index (κ2) is 58.6. The molecule has 2 atom stereocenters. The normalized spacial score (nSPS) is 13.9. The zero-order valence-corrected chi connectivity index (χ0v) is 52.0. The van der Waals surface area contributed by atoms with Crippen LogP contribution in [0.4, 0.5) is 0 Å². The fraction of sp³-hybridized carbons (Fsp3) is 0.735. The molecule has 2 unspecified atom stereocenters. The minimum atomic E-state index is -4.40. The Morgan fingerprint density at radius 2 is 0.731 bits per heavy atom. The lowest BCUT2D eigenvalue weighted by Gasteiger charge is -2.24. The predicted molar refractivity (Wildman–Crippen MR) is 335 cm³/mol. The van der Waals surface area contributed by atoms with Gasteiger partial charge in [0.05, 0.1) is 27.7 Å². The molecule has 0 rings (SSSR count). The number of nitrogens with zero attached hydrogens (tertiary/aromatic N) is 1. The summed E-state index contributed by atoms with van der Waals surface area (Å²) in [6.45, 7) is 4.31. The highest BCUT2D eigenvalue weighted by molar-refractivity contribution is 7.47. The molecule has 0 bridgehead atoms.